The molecule has 0 spiro atoms. The summed E-state index contributed by atoms with van der Waals surface area (Å²) in [7, 11) is 0. The minimum atomic E-state index is 1.10. The van der Waals surface area contributed by atoms with Crippen molar-refractivity contribution < 1.29 is 0 Å². The lowest BCUT2D eigenvalue weighted by atomic mass is 9.96. The Kier molecular flexibility index (Phi) is 13.8. The molecule has 0 aliphatic carbocycles. The second-order valence-corrected chi connectivity index (χ2v) is 24.9. The van der Waals surface area contributed by atoms with E-state index in [1.54, 1.807) is 0 Å². The third kappa shape index (κ3) is 10.0. The van der Waals surface area contributed by atoms with Crippen LogP contribution in [0.3, 0.4) is 0 Å². The molecule has 16 aromatic carbocycles. The van der Waals surface area contributed by atoms with Crippen molar-refractivity contribution in [3.63, 3.8) is 0 Å². The predicted octanol–water partition coefficient (Wildman–Crippen LogP) is 25.5. The Balaban J connectivity index is 0.665. The molecule has 450 valence electrons. The van der Waals surface area contributed by atoms with E-state index < -0.39 is 0 Å². The molecular weight excluding hydrogens is 1160 g/mol. The molecule has 0 N–H and O–H groups in total. The van der Waals surface area contributed by atoms with Crippen molar-refractivity contribution >= 4 is 99.3 Å². The summed E-state index contributed by atoms with van der Waals surface area (Å²) < 4.78 is 4.89. The van der Waals surface area contributed by atoms with E-state index in [0.29, 0.717) is 0 Å². The Morgan fingerprint density at radius 3 is 1.04 bits per heavy atom. The van der Waals surface area contributed by atoms with E-state index in [1.807, 2.05) is 0 Å². The molecule has 0 unspecified atom stereocenters. The molecule has 0 amide bonds. The average Bonchev–Trinajstić information content (AvgIpc) is 1.58. The second kappa shape index (κ2) is 23.7. The van der Waals surface area contributed by atoms with Crippen molar-refractivity contribution in [2.75, 3.05) is 9.80 Å². The van der Waals surface area contributed by atoms with Crippen LogP contribution in [0.2, 0.25) is 0 Å². The van der Waals surface area contributed by atoms with Crippen molar-refractivity contribution in [2.45, 2.75) is 0 Å². The summed E-state index contributed by atoms with van der Waals surface area (Å²) in [4.78, 5) is 4.66. The Labute approximate surface area is 558 Å². The SMILES string of the molecule is c1ccc(-c2ccc(N(c3ccccc3)c3ccc(-c4ccc5cc6c(cc5c4)c4ccccc4n6-c4ccc(-c5cccc6c5c5cc7ccc(-c8ccc(N(c9ccccc9)c9ccc(-c%10ccccc%10)cc9)cc8)cc7cc5n6-c5ccccc5)cc4)cc3)cc2)cc1. The fraction of sp³-hybridized carbons (Fsp3) is 0. The fourth-order valence-electron chi connectivity index (χ4n) is 14.6. The van der Waals surface area contributed by atoms with Gasteiger partial charge in [0.1, 0.15) is 0 Å². The first-order valence-corrected chi connectivity index (χ1v) is 33.0. The van der Waals surface area contributed by atoms with E-state index in [2.05, 4.69) is 395 Å². The van der Waals surface area contributed by atoms with Crippen LogP contribution in [0.1, 0.15) is 0 Å². The van der Waals surface area contributed by atoms with E-state index in [-0.39, 0.29) is 0 Å². The lowest BCUT2D eigenvalue weighted by Crippen LogP contribution is -2.09. The molecule has 96 heavy (non-hydrogen) atoms. The highest BCUT2D eigenvalue weighted by Gasteiger charge is 2.21. The van der Waals surface area contributed by atoms with Crippen LogP contribution in [-0.2, 0) is 0 Å². The van der Waals surface area contributed by atoms with Crippen LogP contribution in [0.25, 0.3) is 132 Å². The number of aromatic nitrogens is 2. The normalized spacial score (nSPS) is 11.5. The largest absolute Gasteiger partial charge is 0.311 e. The molecule has 4 heteroatoms. The summed E-state index contributed by atoms with van der Waals surface area (Å²) in [5.74, 6) is 0. The molecule has 0 fully saturated rings. The fourth-order valence-corrected chi connectivity index (χ4v) is 14.6. The maximum absolute atomic E-state index is 2.45. The van der Waals surface area contributed by atoms with Gasteiger partial charge in [-0.1, -0.05) is 231 Å². The van der Waals surface area contributed by atoms with Gasteiger partial charge in [-0.15, -0.1) is 0 Å². The lowest BCUT2D eigenvalue weighted by molar-refractivity contribution is 1.18. The van der Waals surface area contributed by atoms with Crippen molar-refractivity contribution in [1.29, 1.82) is 0 Å². The molecule has 18 aromatic rings. The first-order chi connectivity index (χ1) is 47.6. The van der Waals surface area contributed by atoms with Gasteiger partial charge in [0.05, 0.1) is 22.1 Å². The Morgan fingerprint density at radius 2 is 0.521 bits per heavy atom. The molecule has 0 aliphatic rings. The summed E-state index contributed by atoms with van der Waals surface area (Å²) in [6.45, 7) is 0. The van der Waals surface area contributed by atoms with E-state index in [0.717, 1.165) is 45.5 Å². The van der Waals surface area contributed by atoms with Crippen LogP contribution >= 0.6 is 0 Å². The van der Waals surface area contributed by atoms with Gasteiger partial charge < -0.3 is 18.9 Å². The zero-order chi connectivity index (χ0) is 63.5. The summed E-state index contributed by atoms with van der Waals surface area (Å²) >= 11 is 0. The molecule has 4 nitrogen and oxygen atoms in total. The van der Waals surface area contributed by atoms with Crippen LogP contribution in [0, 0.1) is 0 Å². The molecule has 0 saturated heterocycles. The molecule has 0 radical (unpaired) electrons. The Hall–Kier alpha value is -12.8. The average molecular weight is 1220 g/mol. The number of anilines is 6. The highest BCUT2D eigenvalue weighted by Crippen LogP contribution is 2.44. The zero-order valence-corrected chi connectivity index (χ0v) is 52.6. The van der Waals surface area contributed by atoms with Crippen LogP contribution in [0.4, 0.5) is 34.1 Å². The zero-order valence-electron chi connectivity index (χ0n) is 52.6. The van der Waals surface area contributed by atoms with Gasteiger partial charge in [0, 0.05) is 67.0 Å². The highest BCUT2D eigenvalue weighted by atomic mass is 15.1. The molecule has 0 saturated carbocycles. The van der Waals surface area contributed by atoms with Gasteiger partial charge in [0.25, 0.3) is 0 Å². The maximum atomic E-state index is 2.45. The first-order valence-electron chi connectivity index (χ1n) is 33.0. The third-order valence-corrected chi connectivity index (χ3v) is 19.2. The minimum Gasteiger partial charge on any atom is -0.311 e. The van der Waals surface area contributed by atoms with Crippen molar-refractivity contribution in [1.82, 2.24) is 9.13 Å². The quantitative estimate of drug-likeness (QED) is 0.114. The Morgan fingerprint density at radius 1 is 0.177 bits per heavy atom. The first kappa shape index (κ1) is 56.0. The molecule has 2 heterocycles. The standard InChI is InChI=1S/C92H62N4/c1-6-19-63(20-7-1)65-37-47-79(48-38-65)93(76-23-10-3-11-24-76)81-51-41-67(42-52-81)70-34-36-73-61-90-86(60-74(73)57-70)85-29-16-17-31-88(85)95(90)83-55-45-69(46-56-83)84-30-18-32-89-92(84)87-59-72-35-33-71(58-75(72)62-91(87)96(89)78-27-14-5-15-28-78)68-43-53-82(54-44-68)94(77-25-12-4-13-26-77)80-49-39-66(40-50-80)64-21-8-2-9-22-64/h1-62H. The number of hydrogen-bond donors (Lipinski definition) is 0. The van der Waals surface area contributed by atoms with Gasteiger partial charge in [-0.05, 0) is 223 Å². The number of rotatable bonds is 13. The molecule has 0 bridgehead atoms. The molecule has 2 aromatic heterocycles. The van der Waals surface area contributed by atoms with Crippen LogP contribution in [-0.4, -0.2) is 9.13 Å². The van der Waals surface area contributed by atoms with Gasteiger partial charge in [0.15, 0.2) is 0 Å². The number of nitrogens with zero attached hydrogens (tertiary/aromatic N) is 4. The summed E-state index contributed by atoms with van der Waals surface area (Å²) in [5.41, 5.74) is 25.5. The van der Waals surface area contributed by atoms with Gasteiger partial charge in [-0.2, -0.15) is 0 Å². The monoisotopic (exact) mass is 1220 g/mol. The topological polar surface area (TPSA) is 16.3 Å². The van der Waals surface area contributed by atoms with Crippen LogP contribution in [0.15, 0.2) is 376 Å². The van der Waals surface area contributed by atoms with Crippen molar-refractivity contribution in [3.05, 3.63) is 376 Å². The summed E-state index contributed by atoms with van der Waals surface area (Å²) in [6, 6.07) is 137. The van der Waals surface area contributed by atoms with E-state index in [4.69, 9.17) is 0 Å². The third-order valence-electron chi connectivity index (χ3n) is 19.2. The smallest absolute Gasteiger partial charge is 0.0547 e. The molecule has 18 rings (SSSR count). The highest BCUT2D eigenvalue weighted by molar-refractivity contribution is 6.19. The van der Waals surface area contributed by atoms with E-state index in [9.17, 15) is 0 Å². The van der Waals surface area contributed by atoms with E-state index >= 15 is 0 Å². The van der Waals surface area contributed by atoms with Crippen LogP contribution < -0.4 is 9.80 Å². The van der Waals surface area contributed by atoms with Gasteiger partial charge in [0.2, 0.25) is 0 Å². The van der Waals surface area contributed by atoms with E-state index in [1.165, 1.54) is 121 Å². The number of hydrogen-bond acceptors (Lipinski definition) is 2. The van der Waals surface area contributed by atoms with Gasteiger partial charge in [-0.3, -0.25) is 0 Å². The van der Waals surface area contributed by atoms with Crippen molar-refractivity contribution in [2.24, 2.45) is 0 Å². The summed E-state index contributed by atoms with van der Waals surface area (Å²) in [6.07, 6.45) is 0. The predicted molar refractivity (Wildman–Crippen MR) is 407 cm³/mol. The Bertz CT molecular complexity index is 5870. The molecule has 0 atom stereocenters. The van der Waals surface area contributed by atoms with Crippen LogP contribution in [0.5, 0.6) is 0 Å². The number of para-hydroxylation sites is 4. The maximum Gasteiger partial charge on any atom is 0.0547 e. The molecule has 0 aliphatic heterocycles. The van der Waals surface area contributed by atoms with Crippen molar-refractivity contribution in [3.8, 4) is 67.0 Å². The number of fused-ring (bicyclic) bond motifs is 8. The lowest BCUT2D eigenvalue weighted by Gasteiger charge is -2.26. The molecular formula is C92H62N4. The minimum absolute atomic E-state index is 1.10. The number of benzene rings is 16. The second-order valence-electron chi connectivity index (χ2n) is 24.9. The van der Waals surface area contributed by atoms with Gasteiger partial charge >= 0.3 is 0 Å². The summed E-state index contributed by atoms with van der Waals surface area (Å²) in [5, 5.41) is 9.72. The van der Waals surface area contributed by atoms with Gasteiger partial charge in [-0.25, -0.2) is 0 Å².